The maximum absolute atomic E-state index is 5.36. The Morgan fingerprint density at radius 3 is 2.62 bits per heavy atom. The van der Waals surface area contributed by atoms with Gasteiger partial charge in [0.25, 0.3) is 0 Å². The number of aryl methyl sites for hydroxylation is 1. The van der Waals surface area contributed by atoms with E-state index in [4.69, 9.17) is 4.74 Å². The summed E-state index contributed by atoms with van der Waals surface area (Å²) in [6, 6.07) is 2.52. The number of rotatable bonds is 3. The summed E-state index contributed by atoms with van der Waals surface area (Å²) in [6.07, 6.45) is 6.64. The predicted molar refractivity (Wildman–Crippen MR) is 63.4 cm³/mol. The van der Waals surface area contributed by atoms with Gasteiger partial charge in [0.2, 0.25) is 0 Å². The highest BCUT2D eigenvalue weighted by atomic mass is 16.5. The maximum atomic E-state index is 5.36. The molecule has 0 radical (unpaired) electrons. The fourth-order valence-corrected chi connectivity index (χ4v) is 2.19. The third-order valence-electron chi connectivity index (χ3n) is 3.16. The molecule has 1 aliphatic rings. The molecule has 0 saturated heterocycles. The van der Waals surface area contributed by atoms with E-state index in [9.17, 15) is 0 Å². The Balaban J connectivity index is 1.87. The molecular formula is C12H19N3O. The van der Waals surface area contributed by atoms with Crippen molar-refractivity contribution in [3.8, 4) is 0 Å². The summed E-state index contributed by atoms with van der Waals surface area (Å²) in [5, 5.41) is 3.46. The highest BCUT2D eigenvalue weighted by molar-refractivity contribution is 5.35. The van der Waals surface area contributed by atoms with Gasteiger partial charge in [0.05, 0.1) is 6.10 Å². The summed E-state index contributed by atoms with van der Waals surface area (Å²) in [6.45, 7) is 1.98. The second-order valence-electron chi connectivity index (χ2n) is 4.40. The van der Waals surface area contributed by atoms with Gasteiger partial charge in [-0.25, -0.2) is 9.97 Å². The number of methoxy groups -OCH3 is 1. The molecule has 2 rings (SSSR count). The van der Waals surface area contributed by atoms with E-state index >= 15 is 0 Å². The van der Waals surface area contributed by atoms with Crippen molar-refractivity contribution >= 4 is 5.82 Å². The first-order valence-electron chi connectivity index (χ1n) is 5.86. The monoisotopic (exact) mass is 221 g/mol. The maximum Gasteiger partial charge on any atom is 0.129 e. The van der Waals surface area contributed by atoms with Gasteiger partial charge in [0.1, 0.15) is 12.1 Å². The van der Waals surface area contributed by atoms with Crippen molar-refractivity contribution in [1.82, 2.24) is 9.97 Å². The Morgan fingerprint density at radius 1 is 1.25 bits per heavy atom. The summed E-state index contributed by atoms with van der Waals surface area (Å²) in [4.78, 5) is 8.31. The van der Waals surface area contributed by atoms with Gasteiger partial charge in [-0.05, 0) is 32.6 Å². The van der Waals surface area contributed by atoms with Crippen LogP contribution in [0.25, 0.3) is 0 Å². The van der Waals surface area contributed by atoms with Gasteiger partial charge >= 0.3 is 0 Å². The third kappa shape index (κ3) is 2.92. The van der Waals surface area contributed by atoms with Crippen LogP contribution in [0.1, 0.15) is 31.4 Å². The second-order valence-corrected chi connectivity index (χ2v) is 4.40. The zero-order valence-electron chi connectivity index (χ0n) is 9.94. The topological polar surface area (TPSA) is 47.0 Å². The predicted octanol–water partition coefficient (Wildman–Crippen LogP) is 2.15. The molecule has 0 unspecified atom stereocenters. The van der Waals surface area contributed by atoms with Crippen LogP contribution in [0.4, 0.5) is 5.82 Å². The van der Waals surface area contributed by atoms with Crippen molar-refractivity contribution in [2.45, 2.75) is 44.8 Å². The molecule has 0 aromatic carbocycles. The molecule has 1 aromatic heterocycles. The molecule has 1 aliphatic carbocycles. The van der Waals surface area contributed by atoms with Gasteiger partial charge < -0.3 is 10.1 Å². The number of hydrogen-bond donors (Lipinski definition) is 1. The zero-order chi connectivity index (χ0) is 11.4. The molecule has 1 aromatic rings. The lowest BCUT2D eigenvalue weighted by molar-refractivity contribution is 0.0681. The fraction of sp³-hybridized carbons (Fsp3) is 0.667. The molecule has 0 amide bonds. The first-order chi connectivity index (χ1) is 7.78. The quantitative estimate of drug-likeness (QED) is 0.849. The van der Waals surface area contributed by atoms with Crippen molar-refractivity contribution in [3.05, 3.63) is 18.1 Å². The second kappa shape index (κ2) is 5.25. The number of ether oxygens (including phenoxy) is 1. The number of aromatic nitrogens is 2. The van der Waals surface area contributed by atoms with Crippen LogP contribution in [0.3, 0.4) is 0 Å². The van der Waals surface area contributed by atoms with Crippen molar-refractivity contribution in [3.63, 3.8) is 0 Å². The van der Waals surface area contributed by atoms with Gasteiger partial charge in [-0.1, -0.05) is 0 Å². The smallest absolute Gasteiger partial charge is 0.129 e. The van der Waals surface area contributed by atoms with Crippen molar-refractivity contribution in [2.75, 3.05) is 12.4 Å². The van der Waals surface area contributed by atoms with Gasteiger partial charge in [-0.2, -0.15) is 0 Å². The van der Waals surface area contributed by atoms with Crippen molar-refractivity contribution < 1.29 is 4.74 Å². The van der Waals surface area contributed by atoms with Crippen LogP contribution in [0.15, 0.2) is 12.4 Å². The summed E-state index contributed by atoms with van der Waals surface area (Å²) in [5.41, 5.74) is 1.00. The number of anilines is 1. The number of hydrogen-bond acceptors (Lipinski definition) is 4. The molecule has 1 fully saturated rings. The molecule has 4 heteroatoms. The Labute approximate surface area is 96.4 Å². The van der Waals surface area contributed by atoms with E-state index < -0.39 is 0 Å². The molecule has 0 bridgehead atoms. The molecule has 16 heavy (non-hydrogen) atoms. The molecule has 1 heterocycles. The molecule has 0 spiro atoms. The molecule has 4 nitrogen and oxygen atoms in total. The average molecular weight is 221 g/mol. The third-order valence-corrected chi connectivity index (χ3v) is 3.16. The zero-order valence-corrected chi connectivity index (χ0v) is 9.94. The Bertz CT molecular complexity index is 335. The summed E-state index contributed by atoms with van der Waals surface area (Å²) in [7, 11) is 1.80. The molecule has 0 atom stereocenters. The highest BCUT2D eigenvalue weighted by Gasteiger charge is 2.20. The van der Waals surface area contributed by atoms with Gasteiger partial charge in [-0.3, -0.25) is 0 Å². The lowest BCUT2D eigenvalue weighted by Gasteiger charge is -2.28. The summed E-state index contributed by atoms with van der Waals surface area (Å²) < 4.78 is 5.36. The van der Waals surface area contributed by atoms with Gasteiger partial charge in [0, 0.05) is 24.9 Å². The summed E-state index contributed by atoms with van der Waals surface area (Å²) >= 11 is 0. The van der Waals surface area contributed by atoms with Crippen LogP contribution in [0.2, 0.25) is 0 Å². The van der Waals surface area contributed by atoms with Crippen LogP contribution in [-0.4, -0.2) is 29.2 Å². The lowest BCUT2D eigenvalue weighted by atomic mass is 9.93. The van der Waals surface area contributed by atoms with E-state index in [0.29, 0.717) is 12.1 Å². The Morgan fingerprint density at radius 2 is 2.00 bits per heavy atom. The normalized spacial score (nSPS) is 25.4. The van der Waals surface area contributed by atoms with Crippen LogP contribution >= 0.6 is 0 Å². The van der Waals surface area contributed by atoms with Crippen LogP contribution < -0.4 is 5.32 Å². The fourth-order valence-electron chi connectivity index (χ4n) is 2.19. The van der Waals surface area contributed by atoms with E-state index in [1.807, 2.05) is 13.0 Å². The molecule has 1 saturated carbocycles. The van der Waals surface area contributed by atoms with Crippen molar-refractivity contribution in [2.24, 2.45) is 0 Å². The average Bonchev–Trinajstić information content (AvgIpc) is 2.30. The van der Waals surface area contributed by atoms with Crippen LogP contribution in [0.5, 0.6) is 0 Å². The van der Waals surface area contributed by atoms with Crippen molar-refractivity contribution in [1.29, 1.82) is 0 Å². The molecular weight excluding hydrogens is 202 g/mol. The lowest BCUT2D eigenvalue weighted by Crippen LogP contribution is -2.29. The first kappa shape index (κ1) is 11.3. The minimum Gasteiger partial charge on any atom is -0.381 e. The van der Waals surface area contributed by atoms with E-state index in [0.717, 1.165) is 37.2 Å². The van der Waals surface area contributed by atoms with Crippen LogP contribution in [-0.2, 0) is 4.74 Å². The largest absolute Gasteiger partial charge is 0.381 e. The molecule has 88 valence electrons. The first-order valence-corrected chi connectivity index (χ1v) is 5.86. The van der Waals surface area contributed by atoms with E-state index in [1.165, 1.54) is 0 Å². The number of nitrogens with zero attached hydrogens (tertiary/aromatic N) is 2. The standard InChI is InChI=1S/C12H19N3O/c1-9-7-12(14-8-13-9)15-10-3-5-11(16-2)6-4-10/h7-8,10-11H,3-6H2,1-2H3,(H,13,14,15)/t10-,11-. The highest BCUT2D eigenvalue weighted by Crippen LogP contribution is 2.23. The minimum atomic E-state index is 0.449. The Kier molecular flexibility index (Phi) is 3.72. The van der Waals surface area contributed by atoms with Gasteiger partial charge in [0.15, 0.2) is 0 Å². The molecule has 1 N–H and O–H groups in total. The Hall–Kier alpha value is -1.16. The van der Waals surface area contributed by atoms with E-state index in [2.05, 4.69) is 15.3 Å². The van der Waals surface area contributed by atoms with E-state index in [1.54, 1.807) is 13.4 Å². The summed E-state index contributed by atoms with van der Waals surface area (Å²) in [5.74, 6) is 0.938. The molecule has 0 aliphatic heterocycles. The minimum absolute atomic E-state index is 0.449. The van der Waals surface area contributed by atoms with E-state index in [-0.39, 0.29) is 0 Å². The number of nitrogens with one attached hydrogen (secondary N) is 1. The van der Waals surface area contributed by atoms with Gasteiger partial charge in [-0.15, -0.1) is 0 Å². The van der Waals surface area contributed by atoms with Crippen LogP contribution in [0, 0.1) is 6.92 Å². The SMILES string of the molecule is CO[C@H]1CC[C@H](Nc2cc(C)ncn2)CC1.